The van der Waals surface area contributed by atoms with Gasteiger partial charge in [0.15, 0.2) is 5.75 Å². The largest absolute Gasteiger partial charge is 0.417 e. The molecule has 0 bridgehead atoms. The molecule has 1 rings (SSSR count). The van der Waals surface area contributed by atoms with Crippen LogP contribution in [0.15, 0.2) is 18.2 Å². The van der Waals surface area contributed by atoms with E-state index in [4.69, 9.17) is 0 Å². The minimum atomic E-state index is -5.19. The number of hydrogen-bond donors (Lipinski definition) is 0. The lowest BCUT2D eigenvalue weighted by molar-refractivity contribution is -0.162. The third kappa shape index (κ3) is 2.54. The summed E-state index contributed by atoms with van der Waals surface area (Å²) in [5.41, 5.74) is -3.81. The van der Waals surface area contributed by atoms with Gasteiger partial charge in [-0.2, -0.15) is 26.3 Å². The number of alkyl halides is 6. The molecule has 0 amide bonds. The first-order valence-electron chi connectivity index (χ1n) is 3.58. The van der Waals surface area contributed by atoms with Crippen molar-refractivity contribution < 1.29 is 31.4 Å². The van der Waals surface area contributed by atoms with Crippen molar-refractivity contribution in [3.63, 3.8) is 0 Å². The molecule has 0 unspecified atom stereocenters. The second-order valence-corrected chi connectivity index (χ2v) is 2.70. The molecule has 83 valence electrons. The molecule has 0 aliphatic rings. The first-order chi connectivity index (χ1) is 6.62. The standard InChI is InChI=1S/C8H3F6O/c9-7(10,11)5-2-1-4(15)3-6(5)8(12,13)14/h1-3H. The predicted molar refractivity (Wildman–Crippen MR) is 36.6 cm³/mol. The Balaban J connectivity index is 3.41. The summed E-state index contributed by atoms with van der Waals surface area (Å²) in [6.45, 7) is 0. The first kappa shape index (κ1) is 11.7. The molecule has 0 spiro atoms. The molecule has 0 saturated heterocycles. The Hall–Kier alpha value is -1.40. The highest BCUT2D eigenvalue weighted by molar-refractivity contribution is 5.38. The van der Waals surface area contributed by atoms with Gasteiger partial charge in [-0.1, -0.05) is 0 Å². The van der Waals surface area contributed by atoms with Crippen molar-refractivity contribution in [1.82, 2.24) is 0 Å². The van der Waals surface area contributed by atoms with Crippen LogP contribution in [-0.2, 0) is 17.5 Å². The highest BCUT2D eigenvalue weighted by Crippen LogP contribution is 2.41. The molecule has 15 heavy (non-hydrogen) atoms. The van der Waals surface area contributed by atoms with Gasteiger partial charge in [0.25, 0.3) is 0 Å². The zero-order valence-electron chi connectivity index (χ0n) is 6.91. The number of hydrogen-bond acceptors (Lipinski definition) is 0. The Morgan fingerprint density at radius 1 is 0.800 bits per heavy atom. The average Bonchev–Trinajstić information content (AvgIpc) is 2.00. The van der Waals surface area contributed by atoms with Crippen LogP contribution < -0.4 is 0 Å². The highest BCUT2D eigenvalue weighted by atomic mass is 19.4. The lowest BCUT2D eigenvalue weighted by atomic mass is 10.1. The van der Waals surface area contributed by atoms with E-state index in [1.165, 1.54) is 0 Å². The van der Waals surface area contributed by atoms with E-state index in [0.717, 1.165) is 0 Å². The van der Waals surface area contributed by atoms with E-state index in [1.807, 2.05) is 0 Å². The van der Waals surface area contributed by atoms with Crippen molar-refractivity contribution >= 4 is 0 Å². The number of rotatable bonds is 0. The molecule has 0 heterocycles. The smallest absolute Gasteiger partial charge is 0.290 e. The van der Waals surface area contributed by atoms with Gasteiger partial charge >= 0.3 is 12.4 Å². The van der Waals surface area contributed by atoms with Crippen molar-refractivity contribution in [1.29, 1.82) is 0 Å². The Morgan fingerprint density at radius 2 is 1.27 bits per heavy atom. The fraction of sp³-hybridized carbons (Fsp3) is 0.250. The van der Waals surface area contributed by atoms with E-state index in [0.29, 0.717) is 6.07 Å². The first-order valence-corrected chi connectivity index (χ1v) is 3.58. The lowest BCUT2D eigenvalue weighted by Crippen LogP contribution is -2.16. The van der Waals surface area contributed by atoms with E-state index < -0.39 is 29.2 Å². The van der Waals surface area contributed by atoms with Gasteiger partial charge in [-0.05, 0) is 18.2 Å². The third-order valence-electron chi connectivity index (χ3n) is 1.60. The Labute approximate surface area is 79.9 Å². The Bertz CT molecular complexity index is 364. The summed E-state index contributed by atoms with van der Waals surface area (Å²) in [6.07, 6.45) is -10.3. The summed E-state index contributed by atoms with van der Waals surface area (Å²) < 4.78 is 72.7. The second-order valence-electron chi connectivity index (χ2n) is 2.70. The van der Waals surface area contributed by atoms with Gasteiger partial charge in [-0.15, -0.1) is 0 Å². The topological polar surface area (TPSA) is 19.9 Å². The fourth-order valence-electron chi connectivity index (χ4n) is 1.01. The van der Waals surface area contributed by atoms with E-state index in [-0.39, 0.29) is 12.1 Å². The monoisotopic (exact) mass is 229 g/mol. The summed E-state index contributed by atoms with van der Waals surface area (Å²) in [7, 11) is 0. The van der Waals surface area contributed by atoms with Crippen LogP contribution in [0.25, 0.3) is 0 Å². The molecule has 1 radical (unpaired) electrons. The summed E-state index contributed by atoms with van der Waals surface area (Å²) in [5.74, 6) is -1.12. The van der Waals surface area contributed by atoms with Crippen LogP contribution in [0.4, 0.5) is 26.3 Å². The van der Waals surface area contributed by atoms with Crippen LogP contribution in [0, 0.1) is 0 Å². The van der Waals surface area contributed by atoms with Gasteiger partial charge in [0.1, 0.15) is 0 Å². The van der Waals surface area contributed by atoms with Crippen LogP contribution in [0.5, 0.6) is 5.75 Å². The van der Waals surface area contributed by atoms with E-state index in [9.17, 15) is 31.4 Å². The summed E-state index contributed by atoms with van der Waals surface area (Å²) in [5, 5.41) is 10.5. The van der Waals surface area contributed by atoms with Crippen molar-refractivity contribution in [2.75, 3.05) is 0 Å². The highest BCUT2D eigenvalue weighted by Gasteiger charge is 2.43. The molecule has 7 heteroatoms. The van der Waals surface area contributed by atoms with Crippen LogP contribution in [0.1, 0.15) is 11.1 Å². The maximum Gasteiger partial charge on any atom is 0.417 e. The van der Waals surface area contributed by atoms with Crippen LogP contribution >= 0.6 is 0 Å². The molecule has 1 nitrogen and oxygen atoms in total. The fourth-order valence-corrected chi connectivity index (χ4v) is 1.01. The van der Waals surface area contributed by atoms with Crippen LogP contribution in [0.2, 0.25) is 0 Å². The molecule has 0 saturated carbocycles. The molecule has 0 fully saturated rings. The van der Waals surface area contributed by atoms with Gasteiger partial charge in [0.2, 0.25) is 0 Å². The average molecular weight is 229 g/mol. The summed E-state index contributed by atoms with van der Waals surface area (Å²) in [4.78, 5) is 0. The second kappa shape index (κ2) is 3.32. The summed E-state index contributed by atoms with van der Waals surface area (Å²) in [6, 6.07) is 0.506. The molecular weight excluding hydrogens is 226 g/mol. The Morgan fingerprint density at radius 3 is 1.67 bits per heavy atom. The minimum Gasteiger partial charge on any atom is -0.290 e. The maximum atomic E-state index is 12.1. The van der Waals surface area contributed by atoms with Gasteiger partial charge < -0.3 is 0 Å². The molecule has 0 aliphatic carbocycles. The van der Waals surface area contributed by atoms with E-state index in [2.05, 4.69) is 0 Å². The molecule has 0 aliphatic heterocycles. The molecule has 1 aromatic carbocycles. The number of benzene rings is 1. The molecule has 0 aromatic heterocycles. The normalized spacial score (nSPS) is 12.9. The van der Waals surface area contributed by atoms with Crippen molar-refractivity contribution in [3.05, 3.63) is 29.3 Å². The molecule has 0 N–H and O–H groups in total. The van der Waals surface area contributed by atoms with Crippen molar-refractivity contribution in [2.24, 2.45) is 0 Å². The zero-order valence-corrected chi connectivity index (χ0v) is 6.91. The van der Waals surface area contributed by atoms with Crippen molar-refractivity contribution in [2.45, 2.75) is 12.4 Å². The van der Waals surface area contributed by atoms with Gasteiger partial charge in [-0.3, -0.25) is 5.11 Å². The molecular formula is C8H3F6O. The Kier molecular flexibility index (Phi) is 2.58. The summed E-state index contributed by atoms with van der Waals surface area (Å²) >= 11 is 0. The van der Waals surface area contributed by atoms with Crippen molar-refractivity contribution in [3.8, 4) is 5.75 Å². The molecule has 0 atom stereocenters. The van der Waals surface area contributed by atoms with Gasteiger partial charge in [-0.25, -0.2) is 0 Å². The quantitative estimate of drug-likeness (QED) is 0.602. The number of halogens is 6. The predicted octanol–water partition coefficient (Wildman–Crippen LogP) is 3.87. The van der Waals surface area contributed by atoms with Crippen LogP contribution in [0.3, 0.4) is 0 Å². The van der Waals surface area contributed by atoms with E-state index in [1.54, 1.807) is 0 Å². The van der Waals surface area contributed by atoms with Gasteiger partial charge in [0.05, 0.1) is 11.1 Å². The molecule has 1 aromatic rings. The zero-order chi connectivity index (χ0) is 11.9. The maximum absolute atomic E-state index is 12.1. The van der Waals surface area contributed by atoms with Gasteiger partial charge in [0, 0.05) is 0 Å². The lowest BCUT2D eigenvalue weighted by Gasteiger charge is -2.14. The minimum absolute atomic E-state index is 0.0666. The third-order valence-corrected chi connectivity index (χ3v) is 1.60. The SMILES string of the molecule is [O]c1ccc(C(F)(F)F)c(C(F)(F)F)c1. The van der Waals surface area contributed by atoms with Crippen LogP contribution in [-0.4, -0.2) is 0 Å². The van der Waals surface area contributed by atoms with E-state index >= 15 is 0 Å².